The van der Waals surface area contributed by atoms with Crippen molar-refractivity contribution < 1.29 is 4.79 Å². The molecular formula is C15H23N3OS. The number of anilines is 1. The normalized spacial score (nSPS) is 21.2. The Balaban J connectivity index is 1.52. The average molecular weight is 293 g/mol. The van der Waals surface area contributed by atoms with Crippen LogP contribution in [0.4, 0.5) is 5.13 Å². The van der Waals surface area contributed by atoms with Crippen molar-refractivity contribution in [1.82, 2.24) is 9.88 Å². The summed E-state index contributed by atoms with van der Waals surface area (Å²) in [7, 11) is 0. The van der Waals surface area contributed by atoms with Gasteiger partial charge in [-0.05, 0) is 38.8 Å². The smallest absolute Gasteiger partial charge is 0.229 e. The molecule has 1 saturated heterocycles. The zero-order valence-corrected chi connectivity index (χ0v) is 12.8. The number of amides is 1. The molecule has 1 aliphatic heterocycles. The number of thiazole rings is 1. The van der Waals surface area contributed by atoms with E-state index < -0.39 is 0 Å². The summed E-state index contributed by atoms with van der Waals surface area (Å²) in [5.74, 6) is 0.380. The van der Waals surface area contributed by atoms with Gasteiger partial charge in [0.25, 0.3) is 0 Å². The number of likely N-dealkylation sites (tertiary alicyclic amines) is 1. The van der Waals surface area contributed by atoms with E-state index in [2.05, 4.69) is 20.6 Å². The Labute approximate surface area is 124 Å². The third-order valence-electron chi connectivity index (χ3n) is 4.34. The van der Waals surface area contributed by atoms with E-state index in [0.717, 1.165) is 30.2 Å². The molecule has 5 heteroatoms. The topological polar surface area (TPSA) is 45.2 Å². The van der Waals surface area contributed by atoms with Crippen molar-refractivity contribution >= 4 is 22.4 Å². The molecule has 0 atom stereocenters. The van der Waals surface area contributed by atoms with Gasteiger partial charge in [-0.2, -0.15) is 0 Å². The fraction of sp³-hybridized carbons (Fsp3) is 0.733. The van der Waals surface area contributed by atoms with Crippen molar-refractivity contribution in [3.8, 4) is 0 Å². The van der Waals surface area contributed by atoms with E-state index in [9.17, 15) is 4.79 Å². The maximum absolute atomic E-state index is 12.1. The molecule has 1 aliphatic carbocycles. The van der Waals surface area contributed by atoms with E-state index in [1.807, 2.05) is 0 Å². The first-order chi connectivity index (χ1) is 9.81. The zero-order valence-electron chi connectivity index (χ0n) is 11.9. The Bertz CT molecular complexity index is 448. The number of aromatic nitrogens is 1. The lowest BCUT2D eigenvalue weighted by molar-refractivity contribution is -0.119. The first-order valence-corrected chi connectivity index (χ1v) is 8.67. The highest BCUT2D eigenvalue weighted by Crippen LogP contribution is 2.27. The molecule has 0 spiro atoms. The van der Waals surface area contributed by atoms with Crippen LogP contribution in [0.3, 0.4) is 0 Å². The number of nitrogens with zero attached hydrogens (tertiary/aromatic N) is 2. The summed E-state index contributed by atoms with van der Waals surface area (Å²) in [5, 5.41) is 5.85. The van der Waals surface area contributed by atoms with Gasteiger partial charge in [-0.1, -0.05) is 19.3 Å². The van der Waals surface area contributed by atoms with Crippen molar-refractivity contribution in [3.05, 3.63) is 11.1 Å². The van der Waals surface area contributed by atoms with E-state index in [-0.39, 0.29) is 11.8 Å². The largest absolute Gasteiger partial charge is 0.302 e. The molecule has 1 aromatic rings. The maximum Gasteiger partial charge on any atom is 0.229 e. The summed E-state index contributed by atoms with van der Waals surface area (Å²) in [5.41, 5.74) is 1.10. The summed E-state index contributed by atoms with van der Waals surface area (Å²) in [4.78, 5) is 19.1. The summed E-state index contributed by atoms with van der Waals surface area (Å²) in [6.45, 7) is 3.29. The van der Waals surface area contributed by atoms with Gasteiger partial charge in [0.2, 0.25) is 5.91 Å². The highest BCUT2D eigenvalue weighted by atomic mass is 32.1. The van der Waals surface area contributed by atoms with Crippen LogP contribution in [-0.2, 0) is 11.3 Å². The Morgan fingerprint density at radius 1 is 1.25 bits per heavy atom. The van der Waals surface area contributed by atoms with E-state index in [4.69, 9.17) is 0 Å². The molecule has 0 aromatic carbocycles. The van der Waals surface area contributed by atoms with Crippen LogP contribution in [0, 0.1) is 5.92 Å². The predicted octanol–water partition coefficient (Wildman–Crippen LogP) is 3.26. The quantitative estimate of drug-likeness (QED) is 0.927. The molecule has 0 bridgehead atoms. The molecule has 0 radical (unpaired) electrons. The van der Waals surface area contributed by atoms with Gasteiger partial charge in [0.1, 0.15) is 0 Å². The van der Waals surface area contributed by atoms with Gasteiger partial charge in [-0.3, -0.25) is 9.69 Å². The molecule has 1 N–H and O–H groups in total. The van der Waals surface area contributed by atoms with Crippen molar-refractivity contribution in [1.29, 1.82) is 0 Å². The SMILES string of the molecule is O=C(Nc1nc(CN2CCCCC2)cs1)C1CCCC1. The molecule has 4 nitrogen and oxygen atoms in total. The number of hydrogen-bond donors (Lipinski definition) is 1. The van der Waals surface area contributed by atoms with Crippen molar-refractivity contribution in [2.45, 2.75) is 51.5 Å². The number of hydrogen-bond acceptors (Lipinski definition) is 4. The minimum absolute atomic E-state index is 0.168. The molecule has 2 fully saturated rings. The molecule has 20 heavy (non-hydrogen) atoms. The molecule has 1 aromatic heterocycles. The second-order valence-electron chi connectivity index (χ2n) is 5.95. The maximum atomic E-state index is 12.1. The average Bonchev–Trinajstić information content (AvgIpc) is 3.11. The molecule has 2 heterocycles. The van der Waals surface area contributed by atoms with Crippen LogP contribution < -0.4 is 5.32 Å². The Hall–Kier alpha value is -0.940. The number of carbonyl (C=O) groups is 1. The second kappa shape index (κ2) is 6.68. The molecule has 110 valence electrons. The minimum atomic E-state index is 0.168. The predicted molar refractivity (Wildman–Crippen MR) is 81.8 cm³/mol. The molecule has 2 aliphatic rings. The molecule has 3 rings (SSSR count). The first kappa shape index (κ1) is 14.0. The standard InChI is InChI=1S/C15H23N3OS/c19-14(12-6-2-3-7-12)17-15-16-13(11-20-15)10-18-8-4-1-5-9-18/h11-12H,1-10H2,(H,16,17,19). The van der Waals surface area contributed by atoms with E-state index in [1.54, 1.807) is 11.3 Å². The van der Waals surface area contributed by atoms with Gasteiger partial charge < -0.3 is 5.32 Å². The fourth-order valence-electron chi connectivity index (χ4n) is 3.18. The highest BCUT2D eigenvalue weighted by Gasteiger charge is 2.23. The van der Waals surface area contributed by atoms with Crippen LogP contribution in [0.15, 0.2) is 5.38 Å². The lowest BCUT2D eigenvalue weighted by Gasteiger charge is -2.25. The van der Waals surface area contributed by atoms with E-state index >= 15 is 0 Å². The summed E-state index contributed by atoms with van der Waals surface area (Å²) in [6.07, 6.45) is 8.42. The molecule has 0 unspecified atom stereocenters. The van der Waals surface area contributed by atoms with E-state index in [1.165, 1.54) is 45.2 Å². The fourth-order valence-corrected chi connectivity index (χ4v) is 3.88. The van der Waals surface area contributed by atoms with Gasteiger partial charge in [0, 0.05) is 17.8 Å². The number of piperidine rings is 1. The monoisotopic (exact) mass is 293 g/mol. The van der Waals surface area contributed by atoms with Gasteiger partial charge in [-0.25, -0.2) is 4.98 Å². The third kappa shape index (κ3) is 3.58. The second-order valence-corrected chi connectivity index (χ2v) is 6.81. The van der Waals surface area contributed by atoms with Crippen molar-refractivity contribution in [2.75, 3.05) is 18.4 Å². The lowest BCUT2D eigenvalue weighted by Crippen LogP contribution is -2.29. The first-order valence-electron chi connectivity index (χ1n) is 7.79. The summed E-state index contributed by atoms with van der Waals surface area (Å²) >= 11 is 1.56. The number of rotatable bonds is 4. The lowest BCUT2D eigenvalue weighted by atomic mass is 10.1. The Morgan fingerprint density at radius 3 is 2.75 bits per heavy atom. The van der Waals surface area contributed by atoms with Crippen LogP contribution in [0.5, 0.6) is 0 Å². The van der Waals surface area contributed by atoms with E-state index in [0.29, 0.717) is 0 Å². The van der Waals surface area contributed by atoms with Crippen molar-refractivity contribution in [3.63, 3.8) is 0 Å². The van der Waals surface area contributed by atoms with Crippen LogP contribution in [0.2, 0.25) is 0 Å². The molecular weight excluding hydrogens is 270 g/mol. The van der Waals surface area contributed by atoms with Crippen LogP contribution in [0.1, 0.15) is 50.6 Å². The van der Waals surface area contributed by atoms with Gasteiger partial charge in [0.05, 0.1) is 5.69 Å². The zero-order chi connectivity index (χ0) is 13.8. The Kier molecular flexibility index (Phi) is 4.68. The van der Waals surface area contributed by atoms with Crippen molar-refractivity contribution in [2.24, 2.45) is 5.92 Å². The highest BCUT2D eigenvalue weighted by molar-refractivity contribution is 7.13. The van der Waals surface area contributed by atoms with Crippen LogP contribution >= 0.6 is 11.3 Å². The van der Waals surface area contributed by atoms with Gasteiger partial charge >= 0.3 is 0 Å². The number of carbonyl (C=O) groups excluding carboxylic acids is 1. The third-order valence-corrected chi connectivity index (χ3v) is 5.15. The van der Waals surface area contributed by atoms with Gasteiger partial charge in [-0.15, -0.1) is 11.3 Å². The Morgan fingerprint density at radius 2 is 2.00 bits per heavy atom. The minimum Gasteiger partial charge on any atom is -0.302 e. The summed E-state index contributed by atoms with van der Waals surface area (Å²) < 4.78 is 0. The summed E-state index contributed by atoms with van der Waals surface area (Å²) in [6, 6.07) is 0. The van der Waals surface area contributed by atoms with Crippen LogP contribution in [-0.4, -0.2) is 28.9 Å². The number of nitrogens with one attached hydrogen (secondary N) is 1. The molecule has 1 saturated carbocycles. The van der Waals surface area contributed by atoms with Crippen LogP contribution in [0.25, 0.3) is 0 Å². The molecule has 1 amide bonds. The van der Waals surface area contributed by atoms with Gasteiger partial charge in [0.15, 0.2) is 5.13 Å².